The topological polar surface area (TPSA) is 33.7 Å². The number of hydrogen-bond donors (Lipinski definition) is 1. The predicted molar refractivity (Wildman–Crippen MR) is 86.2 cm³/mol. The standard InChI is InChI=1S/C17H28N2O2/c1-5-13(2)19(4)9-8-18-14(3)15-6-7-16-17(12-15)21-11-10-20-16/h6-7,12-14,18H,5,8-11H2,1-4H3. The van der Waals surface area contributed by atoms with E-state index in [1.807, 2.05) is 6.07 Å². The van der Waals surface area contributed by atoms with Crippen molar-refractivity contribution in [3.63, 3.8) is 0 Å². The minimum atomic E-state index is 0.311. The molecule has 0 spiro atoms. The van der Waals surface area contributed by atoms with E-state index in [0.29, 0.717) is 25.3 Å². The monoisotopic (exact) mass is 292 g/mol. The van der Waals surface area contributed by atoms with E-state index in [4.69, 9.17) is 9.47 Å². The van der Waals surface area contributed by atoms with Crippen molar-refractivity contribution in [2.24, 2.45) is 0 Å². The molecule has 2 atom stereocenters. The van der Waals surface area contributed by atoms with Gasteiger partial charge in [-0.1, -0.05) is 13.0 Å². The number of benzene rings is 1. The normalized spacial score (nSPS) is 16.8. The fourth-order valence-corrected chi connectivity index (χ4v) is 2.44. The van der Waals surface area contributed by atoms with E-state index in [1.54, 1.807) is 0 Å². The van der Waals surface area contributed by atoms with Gasteiger partial charge >= 0.3 is 0 Å². The van der Waals surface area contributed by atoms with Crippen LogP contribution in [0.25, 0.3) is 0 Å². The molecule has 0 bridgehead atoms. The zero-order valence-corrected chi connectivity index (χ0v) is 13.7. The minimum Gasteiger partial charge on any atom is -0.486 e. The molecule has 4 heteroatoms. The molecule has 0 saturated heterocycles. The molecular formula is C17H28N2O2. The van der Waals surface area contributed by atoms with Crippen LogP contribution in [0.2, 0.25) is 0 Å². The van der Waals surface area contributed by atoms with Gasteiger partial charge in [-0.2, -0.15) is 0 Å². The van der Waals surface area contributed by atoms with Crippen LogP contribution in [0.4, 0.5) is 0 Å². The highest BCUT2D eigenvalue weighted by atomic mass is 16.6. The summed E-state index contributed by atoms with van der Waals surface area (Å²) in [7, 11) is 2.19. The summed E-state index contributed by atoms with van der Waals surface area (Å²) in [5.74, 6) is 1.72. The Hall–Kier alpha value is -1.26. The van der Waals surface area contributed by atoms with Crippen LogP contribution in [0.3, 0.4) is 0 Å². The number of nitrogens with zero attached hydrogens (tertiary/aromatic N) is 1. The van der Waals surface area contributed by atoms with E-state index in [0.717, 1.165) is 24.6 Å². The second-order valence-corrected chi connectivity index (χ2v) is 5.82. The van der Waals surface area contributed by atoms with Crippen molar-refractivity contribution in [3.05, 3.63) is 23.8 Å². The van der Waals surface area contributed by atoms with Crippen molar-refractivity contribution in [3.8, 4) is 11.5 Å². The van der Waals surface area contributed by atoms with Crippen molar-refractivity contribution >= 4 is 0 Å². The summed E-state index contributed by atoms with van der Waals surface area (Å²) in [6.45, 7) is 10.0. The Balaban J connectivity index is 1.84. The molecule has 0 fully saturated rings. The maximum absolute atomic E-state index is 5.64. The lowest BCUT2D eigenvalue weighted by atomic mass is 10.1. The van der Waals surface area contributed by atoms with E-state index < -0.39 is 0 Å². The van der Waals surface area contributed by atoms with Crippen LogP contribution in [0.5, 0.6) is 11.5 Å². The van der Waals surface area contributed by atoms with Crippen LogP contribution in [-0.4, -0.2) is 44.3 Å². The fourth-order valence-electron chi connectivity index (χ4n) is 2.44. The Morgan fingerprint density at radius 1 is 1.19 bits per heavy atom. The van der Waals surface area contributed by atoms with Gasteiger partial charge in [0.2, 0.25) is 0 Å². The van der Waals surface area contributed by atoms with Gasteiger partial charge in [-0.3, -0.25) is 0 Å². The maximum Gasteiger partial charge on any atom is 0.161 e. The first kappa shape index (κ1) is 16.1. The molecule has 2 rings (SSSR count). The molecule has 1 aliphatic heterocycles. The first-order valence-corrected chi connectivity index (χ1v) is 7.95. The molecule has 4 nitrogen and oxygen atoms in total. The zero-order chi connectivity index (χ0) is 15.2. The van der Waals surface area contributed by atoms with Gasteiger partial charge in [0.25, 0.3) is 0 Å². The zero-order valence-electron chi connectivity index (χ0n) is 13.7. The van der Waals surface area contributed by atoms with Gasteiger partial charge in [-0.15, -0.1) is 0 Å². The van der Waals surface area contributed by atoms with Gasteiger partial charge in [0, 0.05) is 25.2 Å². The molecule has 118 valence electrons. The lowest BCUT2D eigenvalue weighted by Crippen LogP contribution is -2.35. The summed E-state index contributed by atoms with van der Waals surface area (Å²) >= 11 is 0. The van der Waals surface area contributed by atoms with E-state index in [-0.39, 0.29) is 0 Å². The van der Waals surface area contributed by atoms with Crippen LogP contribution in [-0.2, 0) is 0 Å². The van der Waals surface area contributed by atoms with Crippen molar-refractivity contribution in [2.45, 2.75) is 39.3 Å². The average Bonchev–Trinajstić information content (AvgIpc) is 2.53. The summed E-state index contributed by atoms with van der Waals surface area (Å²) in [5, 5.41) is 3.58. The van der Waals surface area contributed by atoms with Gasteiger partial charge in [0.1, 0.15) is 13.2 Å². The number of nitrogens with one attached hydrogen (secondary N) is 1. The largest absolute Gasteiger partial charge is 0.486 e. The lowest BCUT2D eigenvalue weighted by Gasteiger charge is -2.25. The van der Waals surface area contributed by atoms with E-state index >= 15 is 0 Å². The van der Waals surface area contributed by atoms with Gasteiger partial charge in [-0.05, 0) is 45.0 Å². The Morgan fingerprint density at radius 3 is 2.62 bits per heavy atom. The Bertz CT molecular complexity index is 450. The summed E-state index contributed by atoms with van der Waals surface area (Å²) in [5.41, 5.74) is 1.24. The van der Waals surface area contributed by atoms with Crippen LogP contribution >= 0.6 is 0 Å². The molecule has 2 unspecified atom stereocenters. The molecule has 1 aromatic rings. The molecule has 1 heterocycles. The molecule has 21 heavy (non-hydrogen) atoms. The fraction of sp³-hybridized carbons (Fsp3) is 0.647. The number of rotatable bonds is 7. The molecular weight excluding hydrogens is 264 g/mol. The minimum absolute atomic E-state index is 0.311. The first-order valence-electron chi connectivity index (χ1n) is 7.95. The molecule has 0 aliphatic carbocycles. The first-order chi connectivity index (χ1) is 10.1. The summed E-state index contributed by atoms with van der Waals surface area (Å²) in [6.07, 6.45) is 1.19. The second kappa shape index (κ2) is 7.66. The highest BCUT2D eigenvalue weighted by Crippen LogP contribution is 2.32. The van der Waals surface area contributed by atoms with E-state index in [1.165, 1.54) is 12.0 Å². The summed E-state index contributed by atoms with van der Waals surface area (Å²) in [4.78, 5) is 2.39. The van der Waals surface area contributed by atoms with Crippen molar-refractivity contribution < 1.29 is 9.47 Å². The van der Waals surface area contributed by atoms with E-state index in [2.05, 4.69) is 50.2 Å². The molecule has 1 N–H and O–H groups in total. The van der Waals surface area contributed by atoms with Crippen molar-refractivity contribution in [1.82, 2.24) is 10.2 Å². The number of likely N-dealkylation sites (N-methyl/N-ethyl adjacent to an activating group) is 1. The van der Waals surface area contributed by atoms with Crippen LogP contribution in [0.1, 0.15) is 38.8 Å². The van der Waals surface area contributed by atoms with Gasteiger partial charge < -0.3 is 19.7 Å². The SMILES string of the molecule is CCC(C)N(C)CCNC(C)c1ccc2c(c1)OCCO2. The molecule has 0 saturated carbocycles. The maximum atomic E-state index is 5.64. The highest BCUT2D eigenvalue weighted by molar-refractivity contribution is 5.44. The molecule has 1 aromatic carbocycles. The Kier molecular flexibility index (Phi) is 5.88. The average molecular weight is 292 g/mol. The number of hydrogen-bond acceptors (Lipinski definition) is 4. The third-order valence-corrected chi connectivity index (χ3v) is 4.32. The molecule has 1 aliphatic rings. The van der Waals surface area contributed by atoms with Gasteiger partial charge in [0.15, 0.2) is 11.5 Å². The predicted octanol–water partition coefficient (Wildman–Crippen LogP) is 2.84. The van der Waals surface area contributed by atoms with Crippen LogP contribution < -0.4 is 14.8 Å². The van der Waals surface area contributed by atoms with E-state index in [9.17, 15) is 0 Å². The Labute approximate surface area is 128 Å². The third-order valence-electron chi connectivity index (χ3n) is 4.32. The lowest BCUT2D eigenvalue weighted by molar-refractivity contribution is 0.171. The smallest absolute Gasteiger partial charge is 0.161 e. The molecule has 0 amide bonds. The third kappa shape index (κ3) is 4.35. The second-order valence-electron chi connectivity index (χ2n) is 5.82. The number of fused-ring (bicyclic) bond motifs is 1. The highest BCUT2D eigenvalue weighted by Gasteiger charge is 2.14. The van der Waals surface area contributed by atoms with Crippen LogP contribution in [0.15, 0.2) is 18.2 Å². The molecule has 0 radical (unpaired) electrons. The quantitative estimate of drug-likeness (QED) is 0.838. The molecule has 0 aromatic heterocycles. The van der Waals surface area contributed by atoms with Crippen LogP contribution in [0, 0.1) is 0 Å². The van der Waals surface area contributed by atoms with Gasteiger partial charge in [-0.25, -0.2) is 0 Å². The summed E-state index contributed by atoms with van der Waals surface area (Å²) < 4.78 is 11.2. The van der Waals surface area contributed by atoms with Gasteiger partial charge in [0.05, 0.1) is 0 Å². The summed E-state index contributed by atoms with van der Waals surface area (Å²) in [6, 6.07) is 7.16. The van der Waals surface area contributed by atoms with Crippen molar-refractivity contribution in [1.29, 1.82) is 0 Å². The number of ether oxygens (including phenoxy) is 2. The Morgan fingerprint density at radius 2 is 1.90 bits per heavy atom. The van der Waals surface area contributed by atoms with Crippen molar-refractivity contribution in [2.75, 3.05) is 33.4 Å².